The molecule has 0 spiro atoms. The van der Waals surface area contributed by atoms with Crippen LogP contribution in [0.15, 0.2) is 42.7 Å². The largest absolute Gasteiger partial charge is 0.454 e. The van der Waals surface area contributed by atoms with Gasteiger partial charge in [-0.15, -0.1) is 0 Å². The van der Waals surface area contributed by atoms with Gasteiger partial charge in [-0.2, -0.15) is 0 Å². The van der Waals surface area contributed by atoms with Crippen LogP contribution in [-0.4, -0.2) is 22.7 Å². The van der Waals surface area contributed by atoms with Crippen molar-refractivity contribution in [3.63, 3.8) is 0 Å². The van der Waals surface area contributed by atoms with E-state index < -0.39 is 0 Å². The average molecular weight is 390 g/mol. The normalized spacial score (nSPS) is 12.0. The topological polar surface area (TPSA) is 85.4 Å². The second-order valence-corrected chi connectivity index (χ2v) is 7.06. The van der Waals surface area contributed by atoms with Gasteiger partial charge in [0.25, 0.3) is 5.91 Å². The van der Waals surface area contributed by atoms with E-state index >= 15 is 0 Å². The first-order chi connectivity index (χ1) is 14.0. The van der Waals surface area contributed by atoms with Crippen molar-refractivity contribution in [2.45, 2.75) is 27.3 Å². The van der Waals surface area contributed by atoms with Gasteiger partial charge in [-0.25, -0.2) is 9.97 Å². The molecule has 2 N–H and O–H groups in total. The maximum absolute atomic E-state index is 12.6. The van der Waals surface area contributed by atoms with Crippen LogP contribution in [-0.2, 0) is 6.54 Å². The summed E-state index contributed by atoms with van der Waals surface area (Å²) in [6.07, 6.45) is 3.03. The number of nitrogens with zero attached hydrogens (tertiary/aromatic N) is 2. The summed E-state index contributed by atoms with van der Waals surface area (Å²) < 4.78 is 10.7. The summed E-state index contributed by atoms with van der Waals surface area (Å²) in [4.78, 5) is 21.1. The van der Waals surface area contributed by atoms with Gasteiger partial charge in [0.05, 0.1) is 5.56 Å². The van der Waals surface area contributed by atoms with Crippen LogP contribution in [0.3, 0.4) is 0 Å². The predicted molar refractivity (Wildman–Crippen MR) is 111 cm³/mol. The fraction of sp³-hybridized carbons (Fsp3) is 0.227. The van der Waals surface area contributed by atoms with E-state index in [1.54, 1.807) is 0 Å². The molecule has 7 heteroatoms. The van der Waals surface area contributed by atoms with Crippen molar-refractivity contribution in [3.05, 3.63) is 70.5 Å². The van der Waals surface area contributed by atoms with Gasteiger partial charge in [-0.1, -0.05) is 23.8 Å². The molecule has 7 nitrogen and oxygen atoms in total. The van der Waals surface area contributed by atoms with Crippen molar-refractivity contribution in [2.75, 3.05) is 17.4 Å². The lowest BCUT2D eigenvalue weighted by atomic mass is 10.0. The SMILES string of the molecule is Cc1cc(C)c(NC(=O)c2cnc(NCc3ccc4c(c3)OCO4)nc2)c(C)c1. The minimum absolute atomic E-state index is 0.234. The van der Waals surface area contributed by atoms with E-state index in [2.05, 4.69) is 20.6 Å². The number of ether oxygens (including phenoxy) is 2. The molecular formula is C22H22N4O3. The van der Waals surface area contributed by atoms with Gasteiger partial charge >= 0.3 is 0 Å². The molecule has 0 fully saturated rings. The summed E-state index contributed by atoms with van der Waals surface area (Å²) in [6.45, 7) is 6.78. The molecule has 0 bridgehead atoms. The summed E-state index contributed by atoms with van der Waals surface area (Å²) in [5, 5.41) is 6.10. The van der Waals surface area contributed by atoms with Gasteiger partial charge in [0.1, 0.15) is 0 Å². The monoisotopic (exact) mass is 390 g/mol. The second kappa shape index (κ2) is 7.79. The zero-order valence-corrected chi connectivity index (χ0v) is 16.6. The lowest BCUT2D eigenvalue weighted by Crippen LogP contribution is -2.15. The number of aryl methyl sites for hydroxylation is 3. The minimum atomic E-state index is -0.234. The number of aromatic nitrogens is 2. The van der Waals surface area contributed by atoms with Gasteiger partial charge in [0.15, 0.2) is 11.5 Å². The van der Waals surface area contributed by atoms with Crippen LogP contribution in [0.25, 0.3) is 0 Å². The Bertz CT molecular complexity index is 1040. The zero-order chi connectivity index (χ0) is 20.4. The van der Waals surface area contributed by atoms with Crippen LogP contribution in [0.5, 0.6) is 11.5 Å². The number of nitrogens with one attached hydrogen (secondary N) is 2. The standard InChI is InChI=1S/C22H22N4O3/c1-13-6-14(2)20(15(3)7-13)26-21(27)17-10-24-22(25-11-17)23-9-16-4-5-18-19(8-16)29-12-28-18/h4-8,10-11H,9,12H2,1-3H3,(H,26,27)(H,23,24,25). The highest BCUT2D eigenvalue weighted by Gasteiger charge is 2.14. The molecule has 1 aliphatic heterocycles. The summed E-state index contributed by atoms with van der Waals surface area (Å²) in [6, 6.07) is 9.84. The molecular weight excluding hydrogens is 368 g/mol. The van der Waals surface area contributed by atoms with Crippen molar-refractivity contribution >= 4 is 17.5 Å². The third kappa shape index (κ3) is 4.13. The zero-order valence-electron chi connectivity index (χ0n) is 16.6. The Morgan fingerprint density at radius 2 is 1.69 bits per heavy atom. The first-order valence-corrected chi connectivity index (χ1v) is 9.33. The van der Waals surface area contributed by atoms with Gasteiger partial charge < -0.3 is 20.1 Å². The van der Waals surface area contributed by atoms with E-state index in [1.807, 2.05) is 51.1 Å². The van der Waals surface area contributed by atoms with E-state index in [1.165, 1.54) is 18.0 Å². The number of rotatable bonds is 5. The Labute approximate surface area is 169 Å². The maximum Gasteiger partial charge on any atom is 0.258 e. The molecule has 1 aromatic heterocycles. The molecule has 1 aliphatic rings. The second-order valence-electron chi connectivity index (χ2n) is 7.06. The Morgan fingerprint density at radius 3 is 2.41 bits per heavy atom. The molecule has 0 atom stereocenters. The van der Waals surface area contributed by atoms with Gasteiger partial charge in [-0.3, -0.25) is 4.79 Å². The summed E-state index contributed by atoms with van der Waals surface area (Å²) >= 11 is 0. The summed E-state index contributed by atoms with van der Waals surface area (Å²) in [7, 11) is 0. The van der Waals surface area contributed by atoms with Gasteiger partial charge in [-0.05, 0) is 49.6 Å². The molecule has 3 aromatic rings. The van der Waals surface area contributed by atoms with Crippen LogP contribution in [0.1, 0.15) is 32.6 Å². The van der Waals surface area contributed by atoms with Crippen LogP contribution in [0.4, 0.5) is 11.6 Å². The molecule has 0 saturated heterocycles. The first-order valence-electron chi connectivity index (χ1n) is 9.33. The Kier molecular flexibility index (Phi) is 5.03. The van der Waals surface area contributed by atoms with E-state index in [0.717, 1.165) is 33.9 Å². The molecule has 0 saturated carbocycles. The summed E-state index contributed by atoms with van der Waals surface area (Å²) in [5.41, 5.74) is 5.46. The molecule has 2 heterocycles. The predicted octanol–water partition coefficient (Wildman–Crippen LogP) is 3.99. The van der Waals surface area contributed by atoms with E-state index in [0.29, 0.717) is 18.1 Å². The lowest BCUT2D eigenvalue weighted by Gasteiger charge is -2.13. The highest BCUT2D eigenvalue weighted by molar-refractivity contribution is 6.04. The van der Waals surface area contributed by atoms with E-state index in [4.69, 9.17) is 9.47 Å². The average Bonchev–Trinajstić information content (AvgIpc) is 3.17. The number of amides is 1. The molecule has 1 amide bonds. The van der Waals surface area contributed by atoms with Gasteiger partial charge in [0.2, 0.25) is 12.7 Å². The molecule has 0 aliphatic carbocycles. The van der Waals surface area contributed by atoms with Crippen molar-refractivity contribution < 1.29 is 14.3 Å². The van der Waals surface area contributed by atoms with Crippen LogP contribution in [0, 0.1) is 20.8 Å². The van der Waals surface area contributed by atoms with Crippen LogP contribution in [0.2, 0.25) is 0 Å². The third-order valence-corrected chi connectivity index (χ3v) is 4.72. The number of carbonyl (C=O) groups excluding carboxylic acids is 1. The van der Waals surface area contributed by atoms with Crippen molar-refractivity contribution in [1.82, 2.24) is 9.97 Å². The van der Waals surface area contributed by atoms with Gasteiger partial charge in [0, 0.05) is 24.6 Å². The highest BCUT2D eigenvalue weighted by Crippen LogP contribution is 2.32. The Balaban J connectivity index is 1.39. The smallest absolute Gasteiger partial charge is 0.258 e. The van der Waals surface area contributed by atoms with E-state index in [9.17, 15) is 4.79 Å². The Hall–Kier alpha value is -3.61. The lowest BCUT2D eigenvalue weighted by molar-refractivity contribution is 0.102. The number of hydrogen-bond acceptors (Lipinski definition) is 6. The molecule has 148 valence electrons. The number of anilines is 2. The number of benzene rings is 2. The number of fused-ring (bicyclic) bond motifs is 1. The van der Waals surface area contributed by atoms with Crippen molar-refractivity contribution in [2.24, 2.45) is 0 Å². The number of carbonyl (C=O) groups is 1. The first kappa shape index (κ1) is 18.7. The number of hydrogen-bond donors (Lipinski definition) is 2. The molecule has 4 rings (SSSR count). The molecule has 0 radical (unpaired) electrons. The fourth-order valence-electron chi connectivity index (χ4n) is 3.33. The quantitative estimate of drug-likeness (QED) is 0.685. The molecule has 0 unspecified atom stereocenters. The van der Waals surface area contributed by atoms with E-state index in [-0.39, 0.29) is 12.7 Å². The third-order valence-electron chi connectivity index (χ3n) is 4.72. The molecule has 29 heavy (non-hydrogen) atoms. The van der Waals surface area contributed by atoms with Crippen LogP contribution >= 0.6 is 0 Å². The van der Waals surface area contributed by atoms with Crippen LogP contribution < -0.4 is 20.1 Å². The Morgan fingerprint density at radius 1 is 1.00 bits per heavy atom. The maximum atomic E-state index is 12.6. The fourth-order valence-corrected chi connectivity index (χ4v) is 3.33. The minimum Gasteiger partial charge on any atom is -0.454 e. The highest BCUT2D eigenvalue weighted by atomic mass is 16.7. The van der Waals surface area contributed by atoms with Crippen molar-refractivity contribution in [1.29, 1.82) is 0 Å². The van der Waals surface area contributed by atoms with Crippen molar-refractivity contribution in [3.8, 4) is 11.5 Å². The summed E-state index contributed by atoms with van der Waals surface area (Å²) in [5.74, 6) is 1.70. The molecule has 2 aromatic carbocycles.